The van der Waals surface area contributed by atoms with Crippen LogP contribution in [-0.2, 0) is 6.42 Å². The Kier molecular flexibility index (Phi) is 3.47. The van der Waals surface area contributed by atoms with Gasteiger partial charge >= 0.3 is 0 Å². The predicted molar refractivity (Wildman–Crippen MR) is 80.0 cm³/mol. The molecule has 0 unspecified atom stereocenters. The minimum Gasteiger partial charge on any atom is -0.497 e. The number of aryl methyl sites for hydroxylation is 1. The Morgan fingerprint density at radius 1 is 1.20 bits per heavy atom. The quantitative estimate of drug-likeness (QED) is 0.740. The number of hydrogen-bond acceptors (Lipinski definition) is 5. The van der Waals surface area contributed by atoms with Crippen LogP contribution in [0.15, 0.2) is 24.3 Å². The zero-order valence-electron chi connectivity index (χ0n) is 11.3. The van der Waals surface area contributed by atoms with Gasteiger partial charge in [-0.05, 0) is 23.8 Å². The summed E-state index contributed by atoms with van der Waals surface area (Å²) in [7, 11) is 1.66. The van der Waals surface area contributed by atoms with Gasteiger partial charge in [0, 0.05) is 6.42 Å². The molecule has 102 valence electrons. The van der Waals surface area contributed by atoms with E-state index in [2.05, 4.69) is 15.3 Å². The average molecular weight is 286 g/mol. The Balaban J connectivity index is 1.83. The number of aromatic nitrogens is 4. The molecule has 0 spiro atoms. The summed E-state index contributed by atoms with van der Waals surface area (Å²) >= 11 is 1.53. The van der Waals surface area contributed by atoms with Crippen LogP contribution in [0.5, 0.6) is 5.75 Å². The zero-order chi connectivity index (χ0) is 13.9. The van der Waals surface area contributed by atoms with Crippen molar-refractivity contribution < 1.29 is 4.74 Å². The molecule has 20 heavy (non-hydrogen) atoms. The van der Waals surface area contributed by atoms with Gasteiger partial charge in [-0.1, -0.05) is 36.5 Å². The lowest BCUT2D eigenvalue weighted by Gasteiger charge is -1.98. The Labute approximate surface area is 120 Å². The highest BCUT2D eigenvalue weighted by Crippen LogP contribution is 2.18. The second kappa shape index (κ2) is 5.42. The van der Waals surface area contributed by atoms with Gasteiger partial charge in [-0.2, -0.15) is 9.61 Å². The SMILES string of the molecule is CCc1nnc2sc(/C=C/c3ccc(OC)cc3)nn12. The summed E-state index contributed by atoms with van der Waals surface area (Å²) in [6, 6.07) is 7.89. The Morgan fingerprint density at radius 3 is 2.70 bits per heavy atom. The second-order valence-corrected chi connectivity index (χ2v) is 5.20. The van der Waals surface area contributed by atoms with E-state index in [1.54, 1.807) is 11.6 Å². The molecule has 2 heterocycles. The van der Waals surface area contributed by atoms with Gasteiger partial charge in [-0.25, -0.2) is 0 Å². The number of nitrogens with zero attached hydrogens (tertiary/aromatic N) is 4. The molecular weight excluding hydrogens is 272 g/mol. The predicted octanol–water partition coefficient (Wildman–Crippen LogP) is 2.93. The van der Waals surface area contributed by atoms with Crippen LogP contribution < -0.4 is 4.74 Å². The van der Waals surface area contributed by atoms with Gasteiger partial charge in [-0.15, -0.1) is 10.2 Å². The van der Waals surface area contributed by atoms with Gasteiger partial charge in [0.15, 0.2) is 5.82 Å². The first kappa shape index (κ1) is 12.8. The molecule has 5 nitrogen and oxygen atoms in total. The molecule has 0 aliphatic heterocycles. The summed E-state index contributed by atoms with van der Waals surface area (Å²) in [5, 5.41) is 13.6. The Morgan fingerprint density at radius 2 is 2.00 bits per heavy atom. The first-order valence-corrected chi connectivity index (χ1v) is 7.15. The van der Waals surface area contributed by atoms with Crippen molar-refractivity contribution in [3.63, 3.8) is 0 Å². The maximum absolute atomic E-state index is 5.13. The zero-order valence-corrected chi connectivity index (χ0v) is 12.1. The van der Waals surface area contributed by atoms with Crippen molar-refractivity contribution in [1.82, 2.24) is 19.8 Å². The summed E-state index contributed by atoms with van der Waals surface area (Å²) in [4.78, 5) is 0.830. The van der Waals surface area contributed by atoms with Crippen LogP contribution in [0.25, 0.3) is 17.1 Å². The third-order valence-electron chi connectivity index (χ3n) is 2.92. The maximum atomic E-state index is 5.13. The molecule has 0 aliphatic carbocycles. The van der Waals surface area contributed by atoms with E-state index in [0.29, 0.717) is 0 Å². The van der Waals surface area contributed by atoms with Crippen molar-refractivity contribution in [2.24, 2.45) is 0 Å². The van der Waals surface area contributed by atoms with Crippen LogP contribution in [0.2, 0.25) is 0 Å². The van der Waals surface area contributed by atoms with Crippen LogP contribution in [0.4, 0.5) is 0 Å². The van der Waals surface area contributed by atoms with Gasteiger partial charge in [0.05, 0.1) is 7.11 Å². The molecule has 6 heteroatoms. The highest BCUT2D eigenvalue weighted by atomic mass is 32.1. The molecule has 0 N–H and O–H groups in total. The van der Waals surface area contributed by atoms with E-state index in [0.717, 1.165) is 33.5 Å². The van der Waals surface area contributed by atoms with Crippen LogP contribution in [-0.4, -0.2) is 26.9 Å². The van der Waals surface area contributed by atoms with Gasteiger partial charge in [0.2, 0.25) is 4.96 Å². The largest absolute Gasteiger partial charge is 0.497 e. The summed E-state index contributed by atoms with van der Waals surface area (Å²) < 4.78 is 6.94. The number of methoxy groups -OCH3 is 1. The Hall–Kier alpha value is -2.21. The summed E-state index contributed by atoms with van der Waals surface area (Å²) in [5.74, 6) is 1.74. The molecule has 0 saturated carbocycles. The van der Waals surface area contributed by atoms with E-state index in [9.17, 15) is 0 Å². The van der Waals surface area contributed by atoms with E-state index >= 15 is 0 Å². The molecule has 2 aromatic heterocycles. The fraction of sp³-hybridized carbons (Fsp3) is 0.214. The van der Waals surface area contributed by atoms with Gasteiger partial charge < -0.3 is 4.74 Å². The van der Waals surface area contributed by atoms with Gasteiger partial charge in [0.25, 0.3) is 0 Å². The van der Waals surface area contributed by atoms with Crippen molar-refractivity contribution in [2.75, 3.05) is 7.11 Å². The normalized spacial score (nSPS) is 11.5. The van der Waals surface area contributed by atoms with E-state index in [4.69, 9.17) is 4.74 Å². The lowest BCUT2D eigenvalue weighted by Crippen LogP contribution is -1.92. The molecule has 0 radical (unpaired) electrons. The third-order valence-corrected chi connectivity index (χ3v) is 3.79. The fourth-order valence-electron chi connectivity index (χ4n) is 1.84. The standard InChI is InChI=1S/C14H14N4OS/c1-3-12-15-16-14-18(12)17-13(20-14)9-6-10-4-7-11(19-2)8-5-10/h4-9H,3H2,1-2H3/b9-6+. The van der Waals surface area contributed by atoms with Crippen molar-refractivity contribution in [1.29, 1.82) is 0 Å². The number of benzene rings is 1. The molecular formula is C14H14N4OS. The van der Waals surface area contributed by atoms with Crippen LogP contribution in [0, 0.1) is 0 Å². The van der Waals surface area contributed by atoms with Crippen LogP contribution >= 0.6 is 11.3 Å². The van der Waals surface area contributed by atoms with E-state index < -0.39 is 0 Å². The fourth-order valence-corrected chi connectivity index (χ4v) is 2.60. The van der Waals surface area contributed by atoms with Crippen molar-refractivity contribution in [2.45, 2.75) is 13.3 Å². The minimum absolute atomic E-state index is 0.826. The summed E-state index contributed by atoms with van der Waals surface area (Å²) in [6.45, 7) is 2.04. The Bertz CT molecular complexity index is 742. The van der Waals surface area contributed by atoms with Gasteiger partial charge in [0.1, 0.15) is 10.8 Å². The summed E-state index contributed by atoms with van der Waals surface area (Å²) in [6.07, 6.45) is 4.84. The topological polar surface area (TPSA) is 52.3 Å². The lowest BCUT2D eigenvalue weighted by atomic mass is 10.2. The lowest BCUT2D eigenvalue weighted by molar-refractivity contribution is 0.415. The second-order valence-electron chi connectivity index (χ2n) is 4.21. The molecule has 0 saturated heterocycles. The molecule has 3 rings (SSSR count). The van der Waals surface area contributed by atoms with Crippen LogP contribution in [0.1, 0.15) is 23.3 Å². The average Bonchev–Trinajstić information content (AvgIpc) is 3.05. The monoisotopic (exact) mass is 286 g/mol. The van der Waals surface area contributed by atoms with Crippen molar-refractivity contribution >= 4 is 28.4 Å². The van der Waals surface area contributed by atoms with E-state index in [-0.39, 0.29) is 0 Å². The molecule has 0 bridgehead atoms. The molecule has 0 aliphatic rings. The maximum Gasteiger partial charge on any atom is 0.234 e. The smallest absolute Gasteiger partial charge is 0.234 e. The van der Waals surface area contributed by atoms with E-state index in [1.807, 2.05) is 43.3 Å². The molecule has 0 amide bonds. The summed E-state index contributed by atoms with van der Waals surface area (Å²) in [5.41, 5.74) is 1.10. The first-order chi connectivity index (χ1) is 9.80. The molecule has 0 fully saturated rings. The van der Waals surface area contributed by atoms with E-state index in [1.165, 1.54) is 11.3 Å². The number of fused-ring (bicyclic) bond motifs is 1. The highest BCUT2D eigenvalue weighted by Gasteiger charge is 2.08. The molecule has 0 atom stereocenters. The minimum atomic E-state index is 0.826. The van der Waals surface area contributed by atoms with Crippen molar-refractivity contribution in [3.8, 4) is 5.75 Å². The van der Waals surface area contributed by atoms with Crippen LogP contribution in [0.3, 0.4) is 0 Å². The van der Waals surface area contributed by atoms with Crippen molar-refractivity contribution in [3.05, 3.63) is 40.7 Å². The molecule has 3 aromatic rings. The molecule has 1 aromatic carbocycles. The number of hydrogen-bond donors (Lipinski definition) is 0. The van der Waals surface area contributed by atoms with Gasteiger partial charge in [-0.3, -0.25) is 0 Å². The third kappa shape index (κ3) is 2.42. The highest BCUT2D eigenvalue weighted by molar-refractivity contribution is 7.17. The first-order valence-electron chi connectivity index (χ1n) is 6.33. The number of ether oxygens (including phenoxy) is 1. The number of rotatable bonds is 4.